The average molecular weight is 323 g/mol. The molecule has 1 aliphatic rings. The Bertz CT molecular complexity index is 382. The van der Waals surface area contributed by atoms with Gasteiger partial charge in [0.05, 0.1) is 0 Å². The van der Waals surface area contributed by atoms with Crippen molar-refractivity contribution in [3.63, 3.8) is 0 Å². The number of hydrogen-bond donors (Lipinski definition) is 0. The van der Waals surface area contributed by atoms with Crippen molar-refractivity contribution in [1.29, 1.82) is 0 Å². The van der Waals surface area contributed by atoms with E-state index in [1.54, 1.807) is 0 Å². The molecule has 2 rings (SSSR count). The quantitative estimate of drug-likeness (QED) is 0.575. The summed E-state index contributed by atoms with van der Waals surface area (Å²) in [4.78, 5) is 0. The van der Waals surface area contributed by atoms with Crippen molar-refractivity contribution in [2.45, 2.75) is 44.6 Å². The molecular weight excluding hydrogens is 299 g/mol. The van der Waals surface area contributed by atoms with Gasteiger partial charge in [0, 0.05) is 0 Å². The van der Waals surface area contributed by atoms with Crippen LogP contribution >= 0.6 is 0 Å². The summed E-state index contributed by atoms with van der Waals surface area (Å²) in [5, 5.41) is 0. The van der Waals surface area contributed by atoms with Crippen LogP contribution in [0.25, 0.3) is 0 Å². The summed E-state index contributed by atoms with van der Waals surface area (Å²) < 4.78 is 7.81. The molecule has 0 spiro atoms. The number of rotatable bonds is 6. The fourth-order valence-electron chi connectivity index (χ4n) is 2.83. The van der Waals surface area contributed by atoms with Gasteiger partial charge < -0.3 is 0 Å². The topological polar surface area (TPSA) is 9.23 Å². The van der Waals surface area contributed by atoms with Gasteiger partial charge in [0.1, 0.15) is 0 Å². The summed E-state index contributed by atoms with van der Waals surface area (Å²) in [5.41, 5.74) is 0.950. The van der Waals surface area contributed by atoms with Crippen molar-refractivity contribution in [3.05, 3.63) is 43.0 Å². The van der Waals surface area contributed by atoms with Crippen LogP contribution in [-0.4, -0.2) is 26.1 Å². The minimum atomic E-state index is 0.0660. The van der Waals surface area contributed by atoms with Gasteiger partial charge in [-0.05, 0) is 0 Å². The summed E-state index contributed by atoms with van der Waals surface area (Å²) in [6.07, 6.45) is 8.43. The zero-order valence-electron chi connectivity index (χ0n) is 11.8. The Labute approximate surface area is 123 Å². The molecule has 0 heterocycles. The van der Waals surface area contributed by atoms with Crippen molar-refractivity contribution in [1.82, 2.24) is 0 Å². The molecule has 0 N–H and O–H groups in total. The van der Waals surface area contributed by atoms with Crippen LogP contribution in [-0.2, 0) is 4.74 Å². The van der Waals surface area contributed by atoms with Crippen molar-refractivity contribution in [3.8, 4) is 0 Å². The molecule has 0 amide bonds. The van der Waals surface area contributed by atoms with E-state index in [9.17, 15) is 0 Å². The summed E-state index contributed by atoms with van der Waals surface area (Å²) in [6, 6.07) is 10.7. The molecule has 1 aromatic rings. The molecule has 0 bridgehead atoms. The molecule has 0 aliphatic heterocycles. The molecule has 1 atom stereocenters. The van der Waals surface area contributed by atoms with E-state index in [2.05, 4.69) is 49.9 Å². The summed E-state index contributed by atoms with van der Waals surface area (Å²) in [6.45, 7) is 6.23. The molecule has 0 radical (unpaired) electrons. The Morgan fingerprint density at radius 2 is 1.95 bits per heavy atom. The maximum absolute atomic E-state index is 6.38. The van der Waals surface area contributed by atoms with E-state index in [1.165, 1.54) is 36.6 Å². The molecule has 1 saturated carbocycles. The molecule has 1 unspecified atom stereocenters. The van der Waals surface area contributed by atoms with Crippen LogP contribution < -0.4 is 4.46 Å². The first kappa shape index (κ1) is 14.8. The molecule has 0 aromatic heterocycles. The van der Waals surface area contributed by atoms with Crippen molar-refractivity contribution >= 4 is 19.4 Å². The van der Waals surface area contributed by atoms with Crippen LogP contribution in [0.1, 0.15) is 39.0 Å². The molecule has 19 heavy (non-hydrogen) atoms. The van der Waals surface area contributed by atoms with Crippen LogP contribution in [0.4, 0.5) is 0 Å². The van der Waals surface area contributed by atoms with Gasteiger partial charge in [0.25, 0.3) is 0 Å². The molecule has 0 saturated heterocycles. The molecule has 1 aliphatic carbocycles. The van der Waals surface area contributed by atoms with E-state index in [4.69, 9.17) is 4.74 Å². The molecule has 1 nitrogen and oxygen atoms in total. The third kappa shape index (κ3) is 3.95. The Hall–Kier alpha value is -0.561. The second-order valence-corrected chi connectivity index (χ2v) is 7.46. The van der Waals surface area contributed by atoms with Crippen LogP contribution in [0, 0.1) is 5.92 Å². The summed E-state index contributed by atoms with van der Waals surface area (Å²) in [7, 11) is 0. The molecular formula is C17H24OSe. The van der Waals surface area contributed by atoms with Gasteiger partial charge in [0.2, 0.25) is 0 Å². The molecule has 2 heteroatoms. The van der Waals surface area contributed by atoms with E-state index in [-0.39, 0.29) is 5.60 Å². The van der Waals surface area contributed by atoms with Gasteiger partial charge in [-0.15, -0.1) is 0 Å². The van der Waals surface area contributed by atoms with E-state index < -0.39 is 0 Å². The molecule has 104 valence electrons. The van der Waals surface area contributed by atoms with E-state index in [0.717, 1.165) is 5.51 Å². The van der Waals surface area contributed by atoms with Gasteiger partial charge in [0.15, 0.2) is 0 Å². The first-order valence-corrected chi connectivity index (χ1v) is 9.28. The Morgan fingerprint density at radius 3 is 2.58 bits per heavy atom. The maximum atomic E-state index is 6.38. The van der Waals surface area contributed by atoms with Crippen molar-refractivity contribution in [2.75, 3.05) is 5.51 Å². The third-order valence-corrected chi connectivity index (χ3v) is 5.96. The molecule has 1 fully saturated rings. The number of ether oxygens (including phenoxy) is 1. The standard InChI is InChI=1S/C17H24OSe/c1-3-15(2)17(12-8-5-9-13-17)18-14-19-16-10-6-4-7-11-16/h3-4,6-7,10-11,15H,1,5,8-9,12-14H2,2H3. The fraction of sp³-hybridized carbons (Fsp3) is 0.529. The Kier molecular flexibility index (Phi) is 5.69. The van der Waals surface area contributed by atoms with E-state index in [0.29, 0.717) is 20.9 Å². The SMILES string of the molecule is C=CC(C)C1(OC[Se]c2ccccc2)CCCCC1. The second-order valence-electron chi connectivity index (χ2n) is 5.37. The fourth-order valence-corrected chi connectivity index (χ4v) is 4.46. The predicted octanol–water partition coefficient (Wildman–Crippen LogP) is 3.52. The van der Waals surface area contributed by atoms with Crippen LogP contribution in [0.5, 0.6) is 0 Å². The summed E-state index contributed by atoms with van der Waals surface area (Å²) in [5.74, 6) is 0.458. The minimum absolute atomic E-state index is 0.0660. The van der Waals surface area contributed by atoms with Gasteiger partial charge in [-0.25, -0.2) is 0 Å². The first-order valence-electron chi connectivity index (χ1n) is 7.21. The third-order valence-electron chi connectivity index (χ3n) is 4.20. The van der Waals surface area contributed by atoms with Gasteiger partial charge >= 0.3 is 123 Å². The predicted molar refractivity (Wildman–Crippen MR) is 83.0 cm³/mol. The first-order chi connectivity index (χ1) is 9.27. The van der Waals surface area contributed by atoms with Crippen LogP contribution in [0.15, 0.2) is 43.0 Å². The van der Waals surface area contributed by atoms with Crippen molar-refractivity contribution in [2.24, 2.45) is 5.92 Å². The van der Waals surface area contributed by atoms with E-state index in [1.807, 2.05) is 0 Å². The number of benzene rings is 1. The van der Waals surface area contributed by atoms with Crippen LogP contribution in [0.2, 0.25) is 0 Å². The van der Waals surface area contributed by atoms with E-state index >= 15 is 0 Å². The van der Waals surface area contributed by atoms with Gasteiger partial charge in [-0.2, -0.15) is 0 Å². The normalized spacial score (nSPS) is 19.8. The zero-order valence-corrected chi connectivity index (χ0v) is 13.5. The number of hydrogen-bond acceptors (Lipinski definition) is 1. The molecule has 1 aromatic carbocycles. The average Bonchev–Trinajstić information content (AvgIpc) is 2.48. The second kappa shape index (κ2) is 7.28. The van der Waals surface area contributed by atoms with Gasteiger partial charge in [-0.1, -0.05) is 0 Å². The van der Waals surface area contributed by atoms with Crippen molar-refractivity contribution < 1.29 is 4.74 Å². The van der Waals surface area contributed by atoms with Crippen LogP contribution in [0.3, 0.4) is 0 Å². The zero-order chi connectivity index (χ0) is 13.6. The Morgan fingerprint density at radius 1 is 1.26 bits per heavy atom. The monoisotopic (exact) mass is 324 g/mol. The summed E-state index contributed by atoms with van der Waals surface area (Å²) >= 11 is 0.423. The Balaban J connectivity index is 1.91. The van der Waals surface area contributed by atoms with Gasteiger partial charge in [-0.3, -0.25) is 0 Å².